The van der Waals surface area contributed by atoms with E-state index in [0.29, 0.717) is 28.5 Å². The predicted molar refractivity (Wildman–Crippen MR) is 200 cm³/mol. The predicted octanol–water partition coefficient (Wildman–Crippen LogP) is 9.48. The lowest BCUT2D eigenvalue weighted by molar-refractivity contribution is -0.362. The van der Waals surface area contributed by atoms with Crippen molar-refractivity contribution in [2.45, 2.75) is 13.8 Å². The second-order valence-electron chi connectivity index (χ2n) is 11.0. The van der Waals surface area contributed by atoms with E-state index in [1.807, 2.05) is 98.8 Å². The summed E-state index contributed by atoms with van der Waals surface area (Å²) in [5.41, 5.74) is 6.91. The van der Waals surface area contributed by atoms with Gasteiger partial charge in [-0.25, -0.2) is 0 Å². The largest absolute Gasteiger partial charge is 0.737 e. The lowest BCUT2D eigenvalue weighted by Crippen LogP contribution is -2.51. The second-order valence-corrected chi connectivity index (χ2v) is 13.1. The number of allylic oxidation sites excluding steroid dienone is 3. The molecule has 234 valence electrons. The van der Waals surface area contributed by atoms with Gasteiger partial charge in [0.1, 0.15) is 17.2 Å². The van der Waals surface area contributed by atoms with Crippen LogP contribution in [0.2, 0.25) is 0 Å². The highest BCUT2D eigenvalue weighted by atomic mass is 127. The molecule has 0 fully saturated rings. The molecule has 0 aliphatic carbocycles. The Morgan fingerprint density at radius 1 is 0.696 bits per heavy atom. The van der Waals surface area contributed by atoms with Gasteiger partial charge in [0.25, 0.3) is 0 Å². The maximum absolute atomic E-state index is 17.4. The van der Waals surface area contributed by atoms with E-state index in [9.17, 15) is 0 Å². The van der Waals surface area contributed by atoms with Crippen LogP contribution in [0.1, 0.15) is 40.6 Å². The van der Waals surface area contributed by atoms with Crippen LogP contribution in [0.4, 0.5) is 8.63 Å². The molecule has 2 aliphatic rings. The van der Waals surface area contributed by atoms with Crippen LogP contribution in [0.3, 0.4) is 0 Å². The van der Waals surface area contributed by atoms with E-state index in [1.54, 1.807) is 33.5 Å². The molecule has 0 spiro atoms. The number of fused-ring (bicyclic) bond motifs is 2. The lowest BCUT2D eigenvalue weighted by Gasteiger charge is -2.34. The molecule has 0 bridgehead atoms. The van der Waals surface area contributed by atoms with Crippen molar-refractivity contribution in [1.82, 2.24) is 4.48 Å². The Balaban J connectivity index is 1.61. The molecule has 3 heterocycles. The minimum atomic E-state index is -4.32. The van der Waals surface area contributed by atoms with Gasteiger partial charge in [-0.2, -0.15) is 0 Å². The summed E-state index contributed by atoms with van der Waals surface area (Å²) in [6.45, 7) is -0.462. The maximum atomic E-state index is 17.4. The van der Waals surface area contributed by atoms with Gasteiger partial charge in [0, 0.05) is 26.6 Å². The number of rotatable bonds is 8. The van der Waals surface area contributed by atoms with Crippen LogP contribution in [0, 0.1) is 10.5 Å². The van der Waals surface area contributed by atoms with Crippen molar-refractivity contribution >= 4 is 81.7 Å². The van der Waals surface area contributed by atoms with Gasteiger partial charge < -0.3 is 31.8 Å². The topological polar surface area (TPSA) is 35.6 Å². The van der Waals surface area contributed by atoms with Gasteiger partial charge in [0.15, 0.2) is 11.4 Å². The van der Waals surface area contributed by atoms with Crippen LogP contribution in [0.25, 0.3) is 23.8 Å². The van der Waals surface area contributed by atoms with Crippen molar-refractivity contribution in [3.05, 3.63) is 131 Å². The lowest BCUT2D eigenvalue weighted by atomic mass is 9.83. The van der Waals surface area contributed by atoms with Gasteiger partial charge in [0.05, 0.1) is 30.5 Å². The molecular formula is C36H31BF2I2N2O3. The summed E-state index contributed by atoms with van der Waals surface area (Å²) in [5.74, 6) is 2.16. The molecule has 2 aliphatic heterocycles. The first kappa shape index (κ1) is 32.3. The minimum Gasteiger partial charge on any atom is -0.497 e. The fourth-order valence-corrected chi connectivity index (χ4v) is 7.40. The zero-order valence-corrected chi connectivity index (χ0v) is 30.3. The first-order valence-corrected chi connectivity index (χ1v) is 16.8. The Morgan fingerprint density at radius 2 is 1.17 bits per heavy atom. The van der Waals surface area contributed by atoms with Crippen LogP contribution in [-0.2, 0) is 0 Å². The number of methoxy groups -OCH3 is 3. The normalized spacial score (nSPS) is 15.7. The summed E-state index contributed by atoms with van der Waals surface area (Å²) in [6, 6.07) is 22.7. The van der Waals surface area contributed by atoms with Crippen molar-refractivity contribution in [2.75, 3.05) is 21.3 Å². The molecule has 0 saturated carbocycles. The van der Waals surface area contributed by atoms with E-state index in [-0.39, 0.29) is 0 Å². The van der Waals surface area contributed by atoms with Crippen LogP contribution >= 0.6 is 45.2 Å². The number of aromatic nitrogens is 1. The van der Waals surface area contributed by atoms with E-state index < -0.39 is 6.97 Å². The highest BCUT2D eigenvalue weighted by Gasteiger charge is 2.57. The third-order valence-corrected chi connectivity index (χ3v) is 11.1. The third kappa shape index (κ3) is 5.53. The molecule has 0 N–H and O–H groups in total. The molecular weight excluding hydrogens is 811 g/mol. The molecule has 5 nitrogen and oxygen atoms in total. The quantitative estimate of drug-likeness (QED) is 0.131. The second kappa shape index (κ2) is 12.9. The molecule has 0 amide bonds. The summed E-state index contributed by atoms with van der Waals surface area (Å²) < 4.78 is 54.9. The average Bonchev–Trinajstić information content (AvgIpc) is 3.49. The molecule has 4 aromatic rings. The highest BCUT2D eigenvalue weighted by molar-refractivity contribution is 14.1. The van der Waals surface area contributed by atoms with Gasteiger partial charge in [-0.05, 0) is 130 Å². The Labute approximate surface area is 294 Å². The Morgan fingerprint density at radius 3 is 1.67 bits per heavy atom. The molecule has 1 aromatic heterocycles. The van der Waals surface area contributed by atoms with E-state index >= 15 is 8.63 Å². The van der Waals surface area contributed by atoms with Crippen molar-refractivity contribution in [1.29, 1.82) is 0 Å². The summed E-state index contributed by atoms with van der Waals surface area (Å²) in [5, 5.41) is 0. The van der Waals surface area contributed by atoms with Crippen molar-refractivity contribution in [3.8, 4) is 17.2 Å². The zero-order chi connectivity index (χ0) is 32.7. The Kier molecular flexibility index (Phi) is 9.03. The smallest absolute Gasteiger partial charge is 0.497 e. The van der Waals surface area contributed by atoms with E-state index in [0.717, 1.165) is 52.0 Å². The molecule has 46 heavy (non-hydrogen) atoms. The molecule has 0 atom stereocenters. The molecule has 3 aromatic carbocycles. The Hall–Kier alpha value is -3.65. The summed E-state index contributed by atoms with van der Waals surface area (Å²) in [7, 11) is 4.84. The molecule has 10 heteroatoms. The van der Waals surface area contributed by atoms with Gasteiger partial charge in [-0.1, -0.05) is 42.5 Å². The minimum absolute atomic E-state index is 0.456. The van der Waals surface area contributed by atoms with Crippen molar-refractivity contribution in [3.63, 3.8) is 0 Å². The van der Waals surface area contributed by atoms with Gasteiger partial charge in [0.2, 0.25) is 0 Å². The van der Waals surface area contributed by atoms with Gasteiger partial charge in [-0.3, -0.25) is 0 Å². The average molecular weight is 842 g/mol. The number of hydrogen-bond acceptors (Lipinski definition) is 3. The van der Waals surface area contributed by atoms with E-state index in [4.69, 9.17) is 14.2 Å². The van der Waals surface area contributed by atoms with Crippen LogP contribution in [0.5, 0.6) is 17.2 Å². The van der Waals surface area contributed by atoms with E-state index in [2.05, 4.69) is 45.2 Å². The standard InChI is InChI=1S/C36H31BF2I2N2O3/c1-22-33(40)30(20-10-24-6-14-27(44-3)15-7-24)42-35(22)32(26-12-18-29(46-5)19-13-26)36-23(2)34(41)31(43(36)37(42,38)39)21-11-25-8-16-28(45-4)17-9-25/h6-21H,1-5H3/b20-10+,21-11+. The number of nitrogens with zero attached hydrogens (tertiary/aromatic N) is 2. The molecule has 6 rings (SSSR count). The number of hydrogen-bond donors (Lipinski definition) is 0. The number of halogens is 4. The van der Waals surface area contributed by atoms with Crippen molar-refractivity contribution in [2.24, 2.45) is 0 Å². The summed E-state index contributed by atoms with van der Waals surface area (Å²) in [4.78, 5) is 0. The monoisotopic (exact) mass is 842 g/mol. The molecule has 0 saturated heterocycles. The zero-order valence-electron chi connectivity index (χ0n) is 25.9. The summed E-state index contributed by atoms with van der Waals surface area (Å²) in [6.07, 6.45) is 7.32. The SMILES string of the molecule is COc1ccc(/C=C/C2=[N+]3C(=C(c4ccc(OC)cc4)c4c(C)c(I)c(/C=C/c5ccc(OC)cc5)n4[B-]3(F)F)C(C)=C2I)cc1. The fraction of sp³-hybridized carbons (Fsp3) is 0.139. The Bertz CT molecular complexity index is 1990. The van der Waals surface area contributed by atoms with Gasteiger partial charge >= 0.3 is 6.97 Å². The van der Waals surface area contributed by atoms with Crippen LogP contribution in [0.15, 0.2) is 93.7 Å². The van der Waals surface area contributed by atoms with Gasteiger partial charge in [-0.15, -0.1) is 0 Å². The molecule has 0 unspecified atom stereocenters. The summed E-state index contributed by atoms with van der Waals surface area (Å²) >= 11 is 4.41. The number of ether oxygens (including phenoxy) is 3. The molecule has 0 radical (unpaired) electrons. The van der Waals surface area contributed by atoms with Crippen molar-refractivity contribution < 1.29 is 27.3 Å². The number of benzene rings is 3. The fourth-order valence-electron chi connectivity index (χ4n) is 6.01. The first-order chi connectivity index (χ1) is 22.1. The van der Waals surface area contributed by atoms with E-state index in [1.165, 1.54) is 8.96 Å². The van der Waals surface area contributed by atoms with Crippen LogP contribution in [-0.4, -0.2) is 43.0 Å². The highest BCUT2D eigenvalue weighted by Crippen LogP contribution is 2.48. The van der Waals surface area contributed by atoms with Crippen LogP contribution < -0.4 is 14.2 Å². The maximum Gasteiger partial charge on any atom is 0.737 e. The first-order valence-electron chi connectivity index (χ1n) is 14.6. The third-order valence-electron chi connectivity index (χ3n) is 8.39.